The molecular weight excluding hydrogens is 260 g/mol. The molecule has 1 aromatic carbocycles. The number of amides is 1. The van der Waals surface area contributed by atoms with E-state index >= 15 is 0 Å². The summed E-state index contributed by atoms with van der Waals surface area (Å²) in [6, 6.07) is 7.15. The van der Waals surface area contributed by atoms with Gasteiger partial charge in [0.2, 0.25) is 5.91 Å². The Balaban J connectivity index is 2.06. The zero-order chi connectivity index (χ0) is 14.5. The highest BCUT2D eigenvalue weighted by Crippen LogP contribution is 2.13. The van der Waals surface area contributed by atoms with E-state index in [2.05, 4.69) is 15.4 Å². The van der Waals surface area contributed by atoms with Gasteiger partial charge in [-0.15, -0.1) is 0 Å². The van der Waals surface area contributed by atoms with Gasteiger partial charge in [-0.25, -0.2) is 9.67 Å². The van der Waals surface area contributed by atoms with Crippen LogP contribution in [0.5, 0.6) is 0 Å². The predicted octanol–water partition coefficient (Wildman–Crippen LogP) is 0.986. The molecule has 1 heterocycles. The summed E-state index contributed by atoms with van der Waals surface area (Å²) < 4.78 is 1.65. The molecule has 0 spiro atoms. The van der Waals surface area contributed by atoms with E-state index in [-0.39, 0.29) is 0 Å². The van der Waals surface area contributed by atoms with Crippen molar-refractivity contribution in [2.24, 2.45) is 5.92 Å². The average Bonchev–Trinajstić information content (AvgIpc) is 2.91. The first-order valence-corrected chi connectivity index (χ1v) is 6.01. The molecule has 104 valence electrons. The number of nitrogens with one attached hydrogen (secondary N) is 1. The van der Waals surface area contributed by atoms with Gasteiger partial charge in [0.05, 0.1) is 6.54 Å². The van der Waals surface area contributed by atoms with Gasteiger partial charge in [0.1, 0.15) is 18.6 Å². The molecule has 2 N–H and O–H groups in total. The smallest absolute Gasteiger partial charge is 0.315 e. The van der Waals surface area contributed by atoms with E-state index < -0.39 is 17.8 Å². The fourth-order valence-corrected chi connectivity index (χ4v) is 1.61. The van der Waals surface area contributed by atoms with Gasteiger partial charge in [0, 0.05) is 5.69 Å². The van der Waals surface area contributed by atoms with Crippen molar-refractivity contribution in [3.8, 4) is 0 Å². The van der Waals surface area contributed by atoms with Crippen LogP contribution in [-0.2, 0) is 16.1 Å². The van der Waals surface area contributed by atoms with Gasteiger partial charge in [0.25, 0.3) is 0 Å². The minimum Gasteiger partial charge on any atom is -0.481 e. The molecule has 0 radical (unpaired) electrons. The maximum atomic E-state index is 11.7. The van der Waals surface area contributed by atoms with Crippen LogP contribution in [0.4, 0.5) is 5.69 Å². The average molecular weight is 274 g/mol. The molecule has 0 bridgehead atoms. The number of rotatable bonds is 5. The summed E-state index contributed by atoms with van der Waals surface area (Å²) in [6.07, 6.45) is 3.04. The number of hydrogen-bond acceptors (Lipinski definition) is 4. The fraction of sp³-hybridized carbons (Fsp3) is 0.231. The van der Waals surface area contributed by atoms with Gasteiger partial charge < -0.3 is 10.4 Å². The fourth-order valence-electron chi connectivity index (χ4n) is 1.61. The van der Waals surface area contributed by atoms with Gasteiger partial charge >= 0.3 is 5.97 Å². The first kappa shape index (κ1) is 13.7. The summed E-state index contributed by atoms with van der Waals surface area (Å²) in [5.41, 5.74) is 1.48. The van der Waals surface area contributed by atoms with Gasteiger partial charge in [-0.1, -0.05) is 12.1 Å². The van der Waals surface area contributed by atoms with E-state index in [0.717, 1.165) is 5.56 Å². The molecule has 0 aliphatic rings. The van der Waals surface area contributed by atoms with Crippen molar-refractivity contribution >= 4 is 17.6 Å². The molecule has 7 heteroatoms. The number of benzene rings is 1. The zero-order valence-electron chi connectivity index (χ0n) is 10.9. The van der Waals surface area contributed by atoms with E-state index in [1.165, 1.54) is 13.3 Å². The number of carbonyl (C=O) groups is 2. The molecule has 1 aromatic heterocycles. The van der Waals surface area contributed by atoms with Crippen LogP contribution in [0.15, 0.2) is 36.9 Å². The van der Waals surface area contributed by atoms with Crippen LogP contribution in [0.1, 0.15) is 12.5 Å². The van der Waals surface area contributed by atoms with Crippen LogP contribution < -0.4 is 5.32 Å². The van der Waals surface area contributed by atoms with Gasteiger partial charge in [-0.2, -0.15) is 5.10 Å². The molecule has 0 fully saturated rings. The summed E-state index contributed by atoms with van der Waals surface area (Å²) >= 11 is 0. The second-order valence-electron chi connectivity index (χ2n) is 4.34. The number of carboxylic acid groups (broad SMARTS) is 1. The maximum absolute atomic E-state index is 11.7. The highest BCUT2D eigenvalue weighted by atomic mass is 16.4. The topological polar surface area (TPSA) is 97.1 Å². The Bertz CT molecular complexity index is 610. The minimum atomic E-state index is -1.15. The molecular formula is C13H14N4O3. The molecule has 0 saturated heterocycles. The summed E-state index contributed by atoms with van der Waals surface area (Å²) in [5, 5.41) is 15.3. The Morgan fingerprint density at radius 3 is 2.90 bits per heavy atom. The Hall–Kier alpha value is -2.70. The third-order valence-electron chi connectivity index (χ3n) is 2.77. The number of nitrogens with zero attached hydrogens (tertiary/aromatic N) is 3. The maximum Gasteiger partial charge on any atom is 0.315 e. The molecule has 2 rings (SSSR count). The molecule has 0 saturated carbocycles. The van der Waals surface area contributed by atoms with Crippen molar-refractivity contribution in [3.05, 3.63) is 42.5 Å². The number of aliphatic carboxylic acids is 1. The largest absolute Gasteiger partial charge is 0.481 e. The lowest BCUT2D eigenvalue weighted by molar-refractivity contribution is -0.144. The van der Waals surface area contributed by atoms with E-state index in [9.17, 15) is 9.59 Å². The predicted molar refractivity (Wildman–Crippen MR) is 71.0 cm³/mol. The SMILES string of the molecule is CC(C(=O)O)C(=O)Nc1cccc(Cn2cncn2)c1. The lowest BCUT2D eigenvalue weighted by atomic mass is 10.1. The quantitative estimate of drug-likeness (QED) is 0.792. The molecule has 20 heavy (non-hydrogen) atoms. The highest BCUT2D eigenvalue weighted by Gasteiger charge is 2.20. The molecule has 7 nitrogen and oxygen atoms in total. The normalized spacial score (nSPS) is 11.8. The Morgan fingerprint density at radius 1 is 1.45 bits per heavy atom. The monoisotopic (exact) mass is 274 g/mol. The van der Waals surface area contributed by atoms with E-state index in [1.807, 2.05) is 6.07 Å². The molecule has 1 amide bonds. The van der Waals surface area contributed by atoms with Crippen molar-refractivity contribution in [1.29, 1.82) is 0 Å². The molecule has 1 unspecified atom stereocenters. The van der Waals surface area contributed by atoms with E-state index in [1.54, 1.807) is 29.2 Å². The first-order valence-electron chi connectivity index (χ1n) is 6.01. The summed E-state index contributed by atoms with van der Waals surface area (Å²) in [4.78, 5) is 26.2. The van der Waals surface area contributed by atoms with E-state index in [4.69, 9.17) is 5.11 Å². The lowest BCUT2D eigenvalue weighted by Gasteiger charge is -2.09. The third-order valence-corrected chi connectivity index (χ3v) is 2.77. The summed E-state index contributed by atoms with van der Waals surface area (Å²) in [6.45, 7) is 1.87. The van der Waals surface area contributed by atoms with Crippen molar-refractivity contribution in [3.63, 3.8) is 0 Å². The first-order chi connectivity index (χ1) is 9.56. The summed E-state index contributed by atoms with van der Waals surface area (Å²) in [7, 11) is 0. The summed E-state index contributed by atoms with van der Waals surface area (Å²) in [5.74, 6) is -2.79. The van der Waals surface area contributed by atoms with Gasteiger partial charge in [0.15, 0.2) is 0 Å². The van der Waals surface area contributed by atoms with Gasteiger partial charge in [-0.05, 0) is 24.6 Å². The Labute approximate surface area is 115 Å². The number of carbonyl (C=O) groups excluding carboxylic acids is 1. The van der Waals surface area contributed by atoms with Gasteiger partial charge in [-0.3, -0.25) is 9.59 Å². The Morgan fingerprint density at radius 2 is 2.25 bits per heavy atom. The standard InChI is InChI=1S/C13H14N4O3/c1-9(13(19)20)12(18)16-11-4-2-3-10(5-11)6-17-8-14-7-15-17/h2-5,7-9H,6H2,1H3,(H,16,18)(H,19,20). The zero-order valence-corrected chi connectivity index (χ0v) is 10.9. The van der Waals surface area contributed by atoms with E-state index in [0.29, 0.717) is 12.2 Å². The van der Waals surface area contributed by atoms with Crippen LogP contribution in [0.2, 0.25) is 0 Å². The van der Waals surface area contributed by atoms with Crippen LogP contribution in [-0.4, -0.2) is 31.7 Å². The number of anilines is 1. The Kier molecular flexibility index (Phi) is 4.09. The van der Waals surface area contributed by atoms with Crippen LogP contribution >= 0.6 is 0 Å². The van der Waals surface area contributed by atoms with Crippen molar-refractivity contribution in [2.75, 3.05) is 5.32 Å². The number of hydrogen-bond donors (Lipinski definition) is 2. The second kappa shape index (κ2) is 5.96. The second-order valence-corrected chi connectivity index (χ2v) is 4.34. The molecule has 2 aromatic rings. The minimum absolute atomic E-state index is 0.526. The van der Waals surface area contributed by atoms with Crippen molar-refractivity contribution in [1.82, 2.24) is 14.8 Å². The van der Waals surface area contributed by atoms with Crippen molar-refractivity contribution in [2.45, 2.75) is 13.5 Å². The van der Waals surface area contributed by atoms with Crippen molar-refractivity contribution < 1.29 is 14.7 Å². The number of carboxylic acids is 1. The van der Waals surface area contributed by atoms with Crippen LogP contribution in [0.3, 0.4) is 0 Å². The number of aromatic nitrogens is 3. The molecule has 0 aliphatic carbocycles. The highest BCUT2D eigenvalue weighted by molar-refractivity contribution is 6.03. The molecule has 1 atom stereocenters. The lowest BCUT2D eigenvalue weighted by Crippen LogP contribution is -2.26. The van der Waals surface area contributed by atoms with Crippen LogP contribution in [0.25, 0.3) is 0 Å². The molecule has 0 aliphatic heterocycles. The van der Waals surface area contributed by atoms with Crippen LogP contribution in [0, 0.1) is 5.92 Å². The third kappa shape index (κ3) is 3.41.